The summed E-state index contributed by atoms with van der Waals surface area (Å²) in [5.41, 5.74) is 5.38. The smallest absolute Gasteiger partial charge is 0.243 e. The van der Waals surface area contributed by atoms with Gasteiger partial charge < -0.3 is 11.1 Å². The molecule has 0 spiro atoms. The molecule has 1 atom stereocenters. The molecule has 0 saturated carbocycles. The van der Waals surface area contributed by atoms with Gasteiger partial charge in [0, 0.05) is 6.04 Å². The van der Waals surface area contributed by atoms with Crippen molar-refractivity contribution in [3.05, 3.63) is 6.20 Å². The Hall–Kier alpha value is -1.59. The Morgan fingerprint density at radius 3 is 3.00 bits per heavy atom. The first-order chi connectivity index (χ1) is 7.11. The molecule has 0 aliphatic rings. The van der Waals surface area contributed by atoms with Gasteiger partial charge in [-0.2, -0.15) is 9.90 Å². The maximum atomic E-state index is 11.5. The summed E-state index contributed by atoms with van der Waals surface area (Å²) in [5.74, 6) is 0.232. The minimum Gasteiger partial charge on any atom is -0.381 e. The fourth-order valence-electron chi connectivity index (χ4n) is 1.34. The summed E-state index contributed by atoms with van der Waals surface area (Å²) in [4.78, 5) is 12.7. The Morgan fingerprint density at radius 1 is 1.73 bits per heavy atom. The molecule has 1 aromatic rings. The van der Waals surface area contributed by atoms with Crippen LogP contribution in [0.4, 0.5) is 5.82 Å². The normalized spacial score (nSPS) is 12.4. The molecule has 1 aromatic heterocycles. The molecule has 0 saturated heterocycles. The van der Waals surface area contributed by atoms with Crippen LogP contribution in [0.25, 0.3) is 0 Å². The zero-order valence-electron chi connectivity index (χ0n) is 9.10. The molecule has 84 valence electrons. The van der Waals surface area contributed by atoms with E-state index in [1.54, 1.807) is 0 Å². The number of hydrogen-bond donors (Lipinski definition) is 2. The lowest BCUT2D eigenvalue weighted by Gasteiger charge is -2.11. The fraction of sp³-hybridized carbons (Fsp3) is 0.667. The van der Waals surface area contributed by atoms with E-state index in [1.807, 2.05) is 6.92 Å². The van der Waals surface area contributed by atoms with E-state index in [2.05, 4.69) is 22.4 Å². The highest BCUT2D eigenvalue weighted by atomic mass is 16.2. The molecule has 15 heavy (non-hydrogen) atoms. The van der Waals surface area contributed by atoms with Gasteiger partial charge in [-0.1, -0.05) is 13.3 Å². The third-order valence-electron chi connectivity index (χ3n) is 1.97. The van der Waals surface area contributed by atoms with Crippen LogP contribution in [-0.4, -0.2) is 26.9 Å². The number of amides is 1. The number of rotatable bonds is 5. The maximum Gasteiger partial charge on any atom is 0.243 e. The van der Waals surface area contributed by atoms with Crippen molar-refractivity contribution >= 4 is 11.7 Å². The highest BCUT2D eigenvalue weighted by molar-refractivity contribution is 5.75. The average molecular weight is 211 g/mol. The molecule has 1 heterocycles. The summed E-state index contributed by atoms with van der Waals surface area (Å²) in [6.07, 6.45) is 3.44. The number of nitrogen functional groups attached to an aromatic ring is 1. The van der Waals surface area contributed by atoms with Crippen LogP contribution in [0.15, 0.2) is 6.20 Å². The number of anilines is 1. The number of nitrogens with zero attached hydrogens (tertiary/aromatic N) is 3. The van der Waals surface area contributed by atoms with Gasteiger partial charge in [-0.3, -0.25) is 4.79 Å². The van der Waals surface area contributed by atoms with Crippen molar-refractivity contribution in [2.75, 3.05) is 5.73 Å². The van der Waals surface area contributed by atoms with Gasteiger partial charge >= 0.3 is 0 Å². The third-order valence-corrected chi connectivity index (χ3v) is 1.97. The van der Waals surface area contributed by atoms with Crippen molar-refractivity contribution in [2.24, 2.45) is 0 Å². The number of hydrogen-bond acceptors (Lipinski definition) is 4. The topological polar surface area (TPSA) is 85.8 Å². The molecule has 0 aromatic carbocycles. The molecule has 1 amide bonds. The lowest BCUT2D eigenvalue weighted by molar-refractivity contribution is -0.122. The van der Waals surface area contributed by atoms with E-state index in [9.17, 15) is 4.79 Å². The van der Waals surface area contributed by atoms with Crippen molar-refractivity contribution in [2.45, 2.75) is 39.3 Å². The number of nitrogens with one attached hydrogen (secondary N) is 1. The van der Waals surface area contributed by atoms with E-state index in [0.717, 1.165) is 12.8 Å². The first kappa shape index (κ1) is 11.5. The number of carbonyl (C=O) groups is 1. The standard InChI is InChI=1S/C9H17N5O/c1-3-4-7(2)12-9(15)6-14-11-5-8(10)13-14/h5,7H,3-4,6H2,1-2H3,(H2,10,13)(H,12,15). The van der Waals surface area contributed by atoms with Gasteiger partial charge in [0.1, 0.15) is 6.54 Å². The molecule has 0 fully saturated rings. The van der Waals surface area contributed by atoms with E-state index in [1.165, 1.54) is 11.0 Å². The van der Waals surface area contributed by atoms with Gasteiger partial charge in [-0.15, -0.1) is 5.10 Å². The Morgan fingerprint density at radius 2 is 2.47 bits per heavy atom. The lowest BCUT2D eigenvalue weighted by atomic mass is 10.2. The van der Waals surface area contributed by atoms with E-state index >= 15 is 0 Å². The highest BCUT2D eigenvalue weighted by Gasteiger charge is 2.08. The zero-order valence-corrected chi connectivity index (χ0v) is 9.10. The molecule has 0 aliphatic heterocycles. The van der Waals surface area contributed by atoms with Gasteiger partial charge in [-0.05, 0) is 13.3 Å². The summed E-state index contributed by atoms with van der Waals surface area (Å²) in [7, 11) is 0. The molecular formula is C9H17N5O. The van der Waals surface area contributed by atoms with Gasteiger partial charge in [0.05, 0.1) is 6.20 Å². The summed E-state index contributed by atoms with van der Waals surface area (Å²) in [5, 5.41) is 10.5. The zero-order chi connectivity index (χ0) is 11.3. The van der Waals surface area contributed by atoms with Gasteiger partial charge in [-0.25, -0.2) is 0 Å². The van der Waals surface area contributed by atoms with Gasteiger partial charge in [0.25, 0.3) is 0 Å². The Bertz CT molecular complexity index is 322. The molecule has 0 bridgehead atoms. The van der Waals surface area contributed by atoms with E-state index in [0.29, 0.717) is 5.82 Å². The van der Waals surface area contributed by atoms with Crippen molar-refractivity contribution in [3.63, 3.8) is 0 Å². The Kier molecular flexibility index (Phi) is 4.08. The number of aromatic nitrogens is 3. The third kappa shape index (κ3) is 3.97. The van der Waals surface area contributed by atoms with Crippen molar-refractivity contribution in [3.8, 4) is 0 Å². The van der Waals surface area contributed by atoms with Gasteiger partial charge in [0.15, 0.2) is 5.82 Å². The molecule has 6 heteroatoms. The van der Waals surface area contributed by atoms with Crippen LogP contribution in [-0.2, 0) is 11.3 Å². The quantitative estimate of drug-likeness (QED) is 0.726. The summed E-state index contributed by atoms with van der Waals surface area (Å²) in [6.45, 7) is 4.18. The first-order valence-corrected chi connectivity index (χ1v) is 5.06. The second kappa shape index (κ2) is 5.33. The van der Waals surface area contributed by atoms with Crippen LogP contribution in [0.1, 0.15) is 26.7 Å². The lowest BCUT2D eigenvalue weighted by Crippen LogP contribution is -2.35. The van der Waals surface area contributed by atoms with E-state index in [4.69, 9.17) is 5.73 Å². The second-order valence-corrected chi connectivity index (χ2v) is 3.56. The van der Waals surface area contributed by atoms with Crippen LogP contribution >= 0.6 is 0 Å². The monoisotopic (exact) mass is 211 g/mol. The van der Waals surface area contributed by atoms with Crippen molar-refractivity contribution in [1.82, 2.24) is 20.3 Å². The summed E-state index contributed by atoms with van der Waals surface area (Å²) >= 11 is 0. The fourth-order valence-corrected chi connectivity index (χ4v) is 1.34. The molecule has 6 nitrogen and oxygen atoms in total. The molecule has 0 radical (unpaired) electrons. The average Bonchev–Trinajstić information content (AvgIpc) is 2.51. The second-order valence-electron chi connectivity index (χ2n) is 3.56. The SMILES string of the molecule is CCCC(C)NC(=O)Cn1ncc(N)n1. The van der Waals surface area contributed by atoms with Crippen molar-refractivity contribution in [1.29, 1.82) is 0 Å². The minimum absolute atomic E-state index is 0.0912. The van der Waals surface area contributed by atoms with Crippen LogP contribution in [0, 0.1) is 0 Å². The van der Waals surface area contributed by atoms with Crippen LogP contribution in [0.5, 0.6) is 0 Å². The predicted octanol–water partition coefficient (Wildman–Crippen LogP) is 0.165. The number of carbonyl (C=O) groups excluding carboxylic acids is 1. The van der Waals surface area contributed by atoms with Crippen LogP contribution < -0.4 is 11.1 Å². The van der Waals surface area contributed by atoms with E-state index in [-0.39, 0.29) is 18.5 Å². The van der Waals surface area contributed by atoms with Crippen LogP contribution in [0.3, 0.4) is 0 Å². The minimum atomic E-state index is -0.0912. The molecule has 3 N–H and O–H groups in total. The molecule has 0 aliphatic carbocycles. The summed E-state index contributed by atoms with van der Waals surface area (Å²) < 4.78 is 0. The molecular weight excluding hydrogens is 194 g/mol. The predicted molar refractivity (Wildman–Crippen MR) is 56.9 cm³/mol. The van der Waals surface area contributed by atoms with Crippen LogP contribution in [0.2, 0.25) is 0 Å². The Balaban J connectivity index is 2.36. The van der Waals surface area contributed by atoms with Crippen molar-refractivity contribution < 1.29 is 4.79 Å². The summed E-state index contributed by atoms with van der Waals surface area (Å²) in [6, 6.07) is 0.190. The first-order valence-electron chi connectivity index (χ1n) is 5.06. The largest absolute Gasteiger partial charge is 0.381 e. The van der Waals surface area contributed by atoms with Gasteiger partial charge in [0.2, 0.25) is 5.91 Å². The Labute approximate surface area is 88.8 Å². The molecule has 1 rings (SSSR count). The maximum absolute atomic E-state index is 11.5. The number of nitrogens with two attached hydrogens (primary N) is 1. The van der Waals surface area contributed by atoms with E-state index < -0.39 is 0 Å². The highest BCUT2D eigenvalue weighted by Crippen LogP contribution is 1.95. The molecule has 1 unspecified atom stereocenters.